The molecule has 0 radical (unpaired) electrons. The lowest BCUT2D eigenvalue weighted by atomic mass is 10.2. The number of amides is 1. The maximum atomic E-state index is 12.5. The van der Waals surface area contributed by atoms with Gasteiger partial charge in [-0.3, -0.25) is 9.89 Å². The van der Waals surface area contributed by atoms with E-state index in [1.54, 1.807) is 17.4 Å². The van der Waals surface area contributed by atoms with Crippen molar-refractivity contribution in [1.82, 2.24) is 15.1 Å². The van der Waals surface area contributed by atoms with E-state index in [0.29, 0.717) is 12.2 Å². The van der Waals surface area contributed by atoms with Crippen LogP contribution < -0.4 is 0 Å². The van der Waals surface area contributed by atoms with Crippen LogP contribution in [-0.4, -0.2) is 27.0 Å². The molecule has 0 aliphatic carbocycles. The molecule has 0 unspecified atom stereocenters. The van der Waals surface area contributed by atoms with Crippen LogP contribution in [0.2, 0.25) is 0 Å². The third kappa shape index (κ3) is 3.04. The average Bonchev–Trinajstić information content (AvgIpc) is 2.94. The first-order valence-electron chi connectivity index (χ1n) is 6.35. The first kappa shape index (κ1) is 13.8. The summed E-state index contributed by atoms with van der Waals surface area (Å²) in [7, 11) is 0. The molecule has 5 heteroatoms. The van der Waals surface area contributed by atoms with Crippen molar-refractivity contribution in [2.24, 2.45) is 0 Å². The number of hydrogen-bond donors (Lipinski definition) is 1. The van der Waals surface area contributed by atoms with Gasteiger partial charge >= 0.3 is 0 Å². The predicted octanol–water partition coefficient (Wildman–Crippen LogP) is 3.14. The van der Waals surface area contributed by atoms with Crippen molar-refractivity contribution in [1.29, 1.82) is 0 Å². The first-order chi connectivity index (χ1) is 8.99. The summed E-state index contributed by atoms with van der Waals surface area (Å²) in [5.41, 5.74) is 2.63. The minimum absolute atomic E-state index is 0.0212. The molecule has 4 nitrogen and oxygen atoms in total. The first-order valence-corrected chi connectivity index (χ1v) is 7.23. The Bertz CT molecular complexity index is 571. The minimum atomic E-state index is -0.0212. The maximum Gasteiger partial charge on any atom is 0.274 e. The van der Waals surface area contributed by atoms with E-state index in [1.165, 1.54) is 10.4 Å². The van der Waals surface area contributed by atoms with Gasteiger partial charge in [0.1, 0.15) is 5.69 Å². The van der Waals surface area contributed by atoms with Gasteiger partial charge in [0.25, 0.3) is 5.91 Å². The summed E-state index contributed by atoms with van der Waals surface area (Å²) in [4.78, 5) is 15.6. The number of carbonyl (C=O) groups is 1. The van der Waals surface area contributed by atoms with Gasteiger partial charge in [-0.15, -0.1) is 11.3 Å². The van der Waals surface area contributed by atoms with Crippen molar-refractivity contribution in [3.63, 3.8) is 0 Å². The van der Waals surface area contributed by atoms with Crippen LogP contribution in [0.4, 0.5) is 0 Å². The number of thiophene rings is 1. The Hall–Kier alpha value is -1.62. The Morgan fingerprint density at radius 1 is 1.47 bits per heavy atom. The van der Waals surface area contributed by atoms with E-state index in [4.69, 9.17) is 0 Å². The number of nitrogens with zero attached hydrogens (tertiary/aromatic N) is 2. The van der Waals surface area contributed by atoms with Gasteiger partial charge in [-0.05, 0) is 50.8 Å². The Morgan fingerprint density at radius 2 is 2.21 bits per heavy atom. The molecule has 0 aliphatic heterocycles. The van der Waals surface area contributed by atoms with E-state index in [1.807, 2.05) is 25.7 Å². The number of aromatic nitrogens is 2. The highest BCUT2D eigenvalue weighted by Crippen LogP contribution is 2.20. The highest BCUT2D eigenvalue weighted by atomic mass is 32.1. The summed E-state index contributed by atoms with van der Waals surface area (Å²) in [5.74, 6) is -0.0212. The van der Waals surface area contributed by atoms with Crippen LogP contribution in [0.3, 0.4) is 0 Å². The molecule has 0 spiro atoms. The highest BCUT2D eigenvalue weighted by molar-refractivity contribution is 7.10. The fraction of sp³-hybridized carbons (Fsp3) is 0.429. The lowest BCUT2D eigenvalue weighted by Gasteiger charge is -2.25. The number of H-pyrrole nitrogens is 1. The molecule has 0 atom stereocenters. The average molecular weight is 277 g/mol. The quantitative estimate of drug-likeness (QED) is 0.933. The van der Waals surface area contributed by atoms with Crippen LogP contribution in [0.15, 0.2) is 17.5 Å². The van der Waals surface area contributed by atoms with E-state index >= 15 is 0 Å². The lowest BCUT2D eigenvalue weighted by Crippen LogP contribution is -2.36. The molecule has 0 bridgehead atoms. The van der Waals surface area contributed by atoms with Gasteiger partial charge in [0, 0.05) is 16.6 Å². The van der Waals surface area contributed by atoms with Gasteiger partial charge in [0.2, 0.25) is 0 Å². The van der Waals surface area contributed by atoms with Gasteiger partial charge in [-0.25, -0.2) is 0 Å². The second-order valence-corrected chi connectivity index (χ2v) is 5.99. The summed E-state index contributed by atoms with van der Waals surface area (Å²) >= 11 is 1.69. The minimum Gasteiger partial charge on any atom is -0.330 e. The van der Waals surface area contributed by atoms with Gasteiger partial charge in [-0.1, -0.05) is 0 Å². The largest absolute Gasteiger partial charge is 0.330 e. The fourth-order valence-corrected chi connectivity index (χ4v) is 2.79. The normalized spacial score (nSPS) is 11.0. The smallest absolute Gasteiger partial charge is 0.274 e. The van der Waals surface area contributed by atoms with Crippen LogP contribution in [0, 0.1) is 13.8 Å². The third-order valence-corrected chi connectivity index (χ3v) is 4.10. The highest BCUT2D eigenvalue weighted by Gasteiger charge is 2.22. The van der Waals surface area contributed by atoms with Crippen LogP contribution in [0.1, 0.15) is 40.5 Å². The zero-order chi connectivity index (χ0) is 14.0. The van der Waals surface area contributed by atoms with E-state index in [-0.39, 0.29) is 11.9 Å². The zero-order valence-electron chi connectivity index (χ0n) is 11.7. The number of aryl methyl sites for hydroxylation is 2. The van der Waals surface area contributed by atoms with Crippen LogP contribution >= 0.6 is 11.3 Å². The van der Waals surface area contributed by atoms with Gasteiger partial charge in [0.05, 0.1) is 6.54 Å². The van der Waals surface area contributed by atoms with Crippen LogP contribution in [0.25, 0.3) is 0 Å². The van der Waals surface area contributed by atoms with Gasteiger partial charge in [0.15, 0.2) is 0 Å². The molecule has 0 aliphatic rings. The molecular weight excluding hydrogens is 258 g/mol. The molecule has 0 saturated heterocycles. The van der Waals surface area contributed by atoms with Crippen LogP contribution in [0.5, 0.6) is 0 Å². The summed E-state index contributed by atoms with van der Waals surface area (Å²) in [6.45, 7) is 8.67. The molecule has 2 heterocycles. The fourth-order valence-electron chi connectivity index (χ4n) is 1.88. The Labute approximate surface area is 117 Å². The Kier molecular flexibility index (Phi) is 4.04. The maximum absolute atomic E-state index is 12.5. The lowest BCUT2D eigenvalue weighted by molar-refractivity contribution is 0.0686. The standard InChI is InChI=1S/C14H19N3OS/c1-9(2)17(8-13-10(3)5-6-19-13)14(18)12-7-11(4)15-16-12/h5-7,9H,8H2,1-4H3,(H,15,16). The van der Waals surface area contributed by atoms with Crippen molar-refractivity contribution >= 4 is 17.2 Å². The molecule has 0 fully saturated rings. The SMILES string of the molecule is Cc1cc(C(=O)N(Cc2sccc2C)C(C)C)n[nH]1. The number of hydrogen-bond acceptors (Lipinski definition) is 3. The zero-order valence-corrected chi connectivity index (χ0v) is 12.5. The molecule has 1 N–H and O–H groups in total. The van der Waals surface area contributed by atoms with E-state index in [9.17, 15) is 4.79 Å². The Morgan fingerprint density at radius 3 is 2.68 bits per heavy atom. The number of aromatic amines is 1. The van der Waals surface area contributed by atoms with Crippen molar-refractivity contribution < 1.29 is 4.79 Å². The molecule has 2 rings (SSSR count). The summed E-state index contributed by atoms with van der Waals surface area (Å²) in [6.07, 6.45) is 0. The second-order valence-electron chi connectivity index (χ2n) is 4.99. The molecule has 2 aromatic rings. The summed E-state index contributed by atoms with van der Waals surface area (Å²) < 4.78 is 0. The predicted molar refractivity (Wildman–Crippen MR) is 77.4 cm³/mol. The molecular formula is C14H19N3OS. The van der Waals surface area contributed by atoms with Crippen LogP contribution in [-0.2, 0) is 6.54 Å². The van der Waals surface area contributed by atoms with Gasteiger partial charge < -0.3 is 4.90 Å². The number of carbonyl (C=O) groups excluding carboxylic acids is 1. The third-order valence-electron chi connectivity index (χ3n) is 3.09. The van der Waals surface area contributed by atoms with E-state index < -0.39 is 0 Å². The number of nitrogens with one attached hydrogen (secondary N) is 1. The van der Waals surface area contributed by atoms with E-state index in [0.717, 1.165) is 5.69 Å². The molecule has 0 aromatic carbocycles. The monoisotopic (exact) mass is 277 g/mol. The molecule has 0 saturated carbocycles. The molecule has 19 heavy (non-hydrogen) atoms. The van der Waals surface area contributed by atoms with Crippen molar-refractivity contribution in [3.05, 3.63) is 39.3 Å². The summed E-state index contributed by atoms with van der Waals surface area (Å²) in [6, 6.07) is 4.02. The number of rotatable bonds is 4. The van der Waals surface area contributed by atoms with Crippen molar-refractivity contribution in [3.8, 4) is 0 Å². The van der Waals surface area contributed by atoms with Crippen molar-refractivity contribution in [2.75, 3.05) is 0 Å². The molecule has 102 valence electrons. The van der Waals surface area contributed by atoms with Gasteiger partial charge in [-0.2, -0.15) is 5.10 Å². The van der Waals surface area contributed by atoms with E-state index in [2.05, 4.69) is 28.6 Å². The topological polar surface area (TPSA) is 49.0 Å². The van der Waals surface area contributed by atoms with Crippen molar-refractivity contribution in [2.45, 2.75) is 40.3 Å². The molecule has 2 aromatic heterocycles. The Balaban J connectivity index is 2.21. The second kappa shape index (κ2) is 5.57. The molecule has 1 amide bonds. The summed E-state index contributed by atoms with van der Waals surface area (Å²) in [5, 5.41) is 8.94.